The molecule has 0 radical (unpaired) electrons. The molecule has 0 bridgehead atoms. The van der Waals surface area contributed by atoms with Gasteiger partial charge in [-0.3, -0.25) is 14.8 Å². The molecule has 34 heavy (non-hydrogen) atoms. The highest BCUT2D eigenvalue weighted by Crippen LogP contribution is 2.30. The van der Waals surface area contributed by atoms with Gasteiger partial charge in [0, 0.05) is 49.0 Å². The second kappa shape index (κ2) is 9.92. The normalized spacial score (nSPS) is 16.7. The van der Waals surface area contributed by atoms with Crippen LogP contribution in [0, 0.1) is 0 Å². The Morgan fingerprint density at radius 2 is 1.94 bits per heavy atom. The van der Waals surface area contributed by atoms with Crippen molar-refractivity contribution in [2.45, 2.75) is 57.9 Å². The summed E-state index contributed by atoms with van der Waals surface area (Å²) in [5.41, 5.74) is 5.63. The molecule has 3 aromatic rings. The van der Waals surface area contributed by atoms with E-state index in [4.69, 9.17) is 4.98 Å². The van der Waals surface area contributed by atoms with Crippen molar-refractivity contribution < 1.29 is 9.59 Å². The second-order valence-corrected chi connectivity index (χ2v) is 9.57. The molecule has 2 amide bonds. The van der Waals surface area contributed by atoms with E-state index in [1.807, 2.05) is 40.3 Å². The van der Waals surface area contributed by atoms with Gasteiger partial charge < -0.3 is 9.80 Å². The van der Waals surface area contributed by atoms with E-state index in [0.717, 1.165) is 47.8 Å². The zero-order chi connectivity index (χ0) is 23.5. The molecule has 0 saturated carbocycles. The molecule has 1 aromatic carbocycles. The number of fused-ring (bicyclic) bond motifs is 2. The Bertz CT molecular complexity index is 1210. The first kappa shape index (κ1) is 22.5. The van der Waals surface area contributed by atoms with E-state index in [0.29, 0.717) is 26.1 Å². The van der Waals surface area contributed by atoms with Gasteiger partial charge in [0.2, 0.25) is 0 Å². The van der Waals surface area contributed by atoms with Gasteiger partial charge in [0.1, 0.15) is 5.78 Å². The van der Waals surface area contributed by atoms with E-state index in [-0.39, 0.29) is 17.9 Å². The lowest BCUT2D eigenvalue weighted by atomic mass is 9.95. The smallest absolute Gasteiger partial charge is 0.320 e. The van der Waals surface area contributed by atoms with Crippen molar-refractivity contribution in [3.05, 3.63) is 71.2 Å². The number of aromatic nitrogens is 2. The number of carbonyl (C=O) groups excluding carboxylic acids is 2. The first-order valence-electron chi connectivity index (χ1n) is 12.5. The number of nitrogens with zero attached hydrogens (tertiary/aromatic N) is 4. The molecule has 176 valence electrons. The highest BCUT2D eigenvalue weighted by molar-refractivity contribution is 5.82. The van der Waals surface area contributed by atoms with Gasteiger partial charge in [0.15, 0.2) is 0 Å². The number of aryl methyl sites for hydroxylation is 3. The van der Waals surface area contributed by atoms with Crippen LogP contribution in [-0.2, 0) is 24.1 Å². The van der Waals surface area contributed by atoms with E-state index >= 15 is 0 Å². The lowest BCUT2D eigenvalue weighted by Crippen LogP contribution is -2.36. The highest BCUT2D eigenvalue weighted by Gasteiger charge is 2.35. The Kier molecular flexibility index (Phi) is 6.57. The van der Waals surface area contributed by atoms with Crippen molar-refractivity contribution >= 4 is 22.7 Å². The molecule has 0 N–H and O–H groups in total. The van der Waals surface area contributed by atoms with E-state index in [9.17, 15) is 9.59 Å². The molecule has 3 heterocycles. The Labute approximate surface area is 201 Å². The Hall–Kier alpha value is -3.28. The number of para-hydroxylation sites is 1. The summed E-state index contributed by atoms with van der Waals surface area (Å²) >= 11 is 0. The minimum Gasteiger partial charge on any atom is -0.323 e. The minimum absolute atomic E-state index is 0.0119. The zero-order valence-electron chi connectivity index (χ0n) is 19.9. The number of hydrogen-bond donors (Lipinski definition) is 0. The van der Waals surface area contributed by atoms with Crippen LogP contribution >= 0.6 is 0 Å². The molecule has 6 nitrogen and oxygen atoms in total. The van der Waals surface area contributed by atoms with Gasteiger partial charge in [-0.2, -0.15) is 0 Å². The van der Waals surface area contributed by atoms with Crippen LogP contribution in [0.25, 0.3) is 10.9 Å². The number of carbonyl (C=O) groups is 2. The van der Waals surface area contributed by atoms with Crippen LogP contribution in [0.3, 0.4) is 0 Å². The molecular weight excluding hydrogens is 424 g/mol. The fraction of sp³-hybridized carbons (Fsp3) is 0.429. The van der Waals surface area contributed by atoms with Crippen molar-refractivity contribution in [1.29, 1.82) is 0 Å². The van der Waals surface area contributed by atoms with E-state index in [1.54, 1.807) is 6.92 Å². The predicted octanol–water partition coefficient (Wildman–Crippen LogP) is 4.90. The van der Waals surface area contributed by atoms with Crippen LogP contribution in [0.15, 0.2) is 48.7 Å². The van der Waals surface area contributed by atoms with Gasteiger partial charge in [-0.05, 0) is 74.8 Å². The summed E-state index contributed by atoms with van der Waals surface area (Å²) in [5.74, 6) is 0.0721. The average Bonchev–Trinajstić information content (AvgIpc) is 3.22. The molecule has 1 saturated heterocycles. The maximum absolute atomic E-state index is 13.3. The van der Waals surface area contributed by atoms with Gasteiger partial charge in [0.25, 0.3) is 0 Å². The number of ketones is 1. The maximum Gasteiger partial charge on any atom is 0.320 e. The number of rotatable bonds is 8. The van der Waals surface area contributed by atoms with E-state index in [2.05, 4.69) is 23.2 Å². The molecule has 2 aliphatic rings. The van der Waals surface area contributed by atoms with Crippen LogP contribution in [-0.4, -0.2) is 51.2 Å². The molecule has 0 spiro atoms. The topological polar surface area (TPSA) is 66.4 Å². The Morgan fingerprint density at radius 3 is 2.82 bits per heavy atom. The first-order valence-corrected chi connectivity index (χ1v) is 12.5. The fourth-order valence-corrected chi connectivity index (χ4v) is 5.27. The van der Waals surface area contributed by atoms with Gasteiger partial charge in [-0.15, -0.1) is 0 Å². The molecule has 1 aliphatic heterocycles. The summed E-state index contributed by atoms with van der Waals surface area (Å²) in [6, 6.07) is 14.1. The number of hydrogen-bond acceptors (Lipinski definition) is 4. The molecule has 1 atom stereocenters. The van der Waals surface area contributed by atoms with E-state index < -0.39 is 0 Å². The standard InChI is InChI=1S/C28H32N4O2/c1-20(33)17-27(23-18-22-8-3-4-10-25(22)29-19-23)32-16-15-31(28(32)34)14-6-9-24-13-12-21-7-2-5-11-26(21)30-24/h3-4,8,10,12-13,18-19,27H,2,5-7,9,11,14-17H2,1H3/t27-/m0/s1. The van der Waals surface area contributed by atoms with Crippen LogP contribution in [0.5, 0.6) is 0 Å². The molecule has 2 aromatic heterocycles. The molecule has 6 heteroatoms. The SMILES string of the molecule is CC(=O)C[C@@H](c1cnc2ccccc2c1)N1CCN(CCCc2ccc3c(n2)CCCC3)C1=O. The predicted molar refractivity (Wildman–Crippen MR) is 133 cm³/mol. The van der Waals surface area contributed by atoms with Gasteiger partial charge >= 0.3 is 6.03 Å². The molecular formula is C28H32N4O2. The third-order valence-corrected chi connectivity index (χ3v) is 7.08. The first-order chi connectivity index (χ1) is 16.6. The van der Waals surface area contributed by atoms with Gasteiger partial charge in [-0.25, -0.2) is 4.79 Å². The lowest BCUT2D eigenvalue weighted by molar-refractivity contribution is -0.118. The van der Waals surface area contributed by atoms with Crippen molar-refractivity contribution in [2.75, 3.05) is 19.6 Å². The van der Waals surface area contributed by atoms with Crippen LogP contribution in [0.4, 0.5) is 4.79 Å². The third-order valence-electron chi connectivity index (χ3n) is 7.08. The molecule has 0 unspecified atom stereocenters. The summed E-state index contributed by atoms with van der Waals surface area (Å²) in [7, 11) is 0. The summed E-state index contributed by atoms with van der Waals surface area (Å²) in [4.78, 5) is 38.6. The van der Waals surface area contributed by atoms with Crippen LogP contribution < -0.4 is 0 Å². The number of pyridine rings is 2. The second-order valence-electron chi connectivity index (χ2n) is 9.57. The lowest BCUT2D eigenvalue weighted by Gasteiger charge is -2.28. The number of Topliss-reactive ketones (excluding diaryl/α,β-unsaturated/α-hetero) is 1. The van der Waals surface area contributed by atoms with Crippen molar-refractivity contribution in [3.8, 4) is 0 Å². The summed E-state index contributed by atoms with van der Waals surface area (Å²) in [6.07, 6.45) is 8.62. The summed E-state index contributed by atoms with van der Waals surface area (Å²) in [6.45, 7) is 3.61. The summed E-state index contributed by atoms with van der Waals surface area (Å²) < 4.78 is 0. The molecule has 1 aliphatic carbocycles. The quantitative estimate of drug-likeness (QED) is 0.484. The minimum atomic E-state index is -0.283. The Balaban J connectivity index is 1.24. The largest absolute Gasteiger partial charge is 0.323 e. The average molecular weight is 457 g/mol. The molecule has 5 rings (SSSR count). The highest BCUT2D eigenvalue weighted by atomic mass is 16.2. The fourth-order valence-electron chi connectivity index (χ4n) is 5.27. The van der Waals surface area contributed by atoms with Crippen LogP contribution in [0.2, 0.25) is 0 Å². The number of benzene rings is 1. The monoisotopic (exact) mass is 456 g/mol. The number of amides is 2. The van der Waals surface area contributed by atoms with Crippen LogP contribution in [0.1, 0.15) is 61.2 Å². The molecule has 1 fully saturated rings. The van der Waals surface area contributed by atoms with Crippen molar-refractivity contribution in [2.24, 2.45) is 0 Å². The van der Waals surface area contributed by atoms with Crippen molar-refractivity contribution in [3.63, 3.8) is 0 Å². The number of urea groups is 1. The van der Waals surface area contributed by atoms with E-state index in [1.165, 1.54) is 24.1 Å². The third kappa shape index (κ3) is 4.81. The summed E-state index contributed by atoms with van der Waals surface area (Å²) in [5, 5.41) is 1.02. The van der Waals surface area contributed by atoms with Gasteiger partial charge in [0.05, 0.1) is 11.6 Å². The van der Waals surface area contributed by atoms with Crippen molar-refractivity contribution in [1.82, 2.24) is 19.8 Å². The zero-order valence-corrected chi connectivity index (χ0v) is 19.9. The Morgan fingerprint density at radius 1 is 1.09 bits per heavy atom. The van der Waals surface area contributed by atoms with Gasteiger partial charge in [-0.1, -0.05) is 24.3 Å². The maximum atomic E-state index is 13.3.